The molecule has 2 aromatic rings. The van der Waals surface area contributed by atoms with Gasteiger partial charge in [0.1, 0.15) is 4.99 Å². The first-order valence-corrected chi connectivity index (χ1v) is 7.19. The molecule has 1 aromatic heterocycles. The van der Waals surface area contributed by atoms with Crippen molar-refractivity contribution in [1.82, 2.24) is 4.57 Å². The molecule has 1 heterocycles. The second-order valence-electron chi connectivity index (χ2n) is 4.10. The van der Waals surface area contributed by atoms with Crippen molar-refractivity contribution >= 4 is 40.1 Å². The molecule has 0 atom stereocenters. The van der Waals surface area contributed by atoms with E-state index in [1.54, 1.807) is 35.8 Å². The average Bonchev–Trinajstić information content (AvgIpc) is 2.82. The molecule has 0 unspecified atom stereocenters. The van der Waals surface area contributed by atoms with E-state index in [-0.39, 0.29) is 17.2 Å². The van der Waals surface area contributed by atoms with Crippen molar-refractivity contribution in [2.24, 2.45) is 5.73 Å². The van der Waals surface area contributed by atoms with E-state index in [1.807, 2.05) is 0 Å². The van der Waals surface area contributed by atoms with Gasteiger partial charge in [-0.15, -0.1) is 0 Å². The highest BCUT2D eigenvalue weighted by atomic mass is 32.1. The number of aromatic nitrogens is 1. The van der Waals surface area contributed by atoms with Crippen LogP contribution in [0.25, 0.3) is 0 Å². The van der Waals surface area contributed by atoms with E-state index >= 15 is 0 Å². The summed E-state index contributed by atoms with van der Waals surface area (Å²) in [6.07, 6.45) is 1.92. The molecule has 104 valence electrons. The quantitative estimate of drug-likeness (QED) is 0.822. The van der Waals surface area contributed by atoms with Crippen LogP contribution in [-0.4, -0.2) is 15.5 Å². The van der Waals surface area contributed by atoms with Crippen molar-refractivity contribution in [1.29, 1.82) is 0 Å². The van der Waals surface area contributed by atoms with Crippen LogP contribution >= 0.6 is 23.6 Å². The summed E-state index contributed by atoms with van der Waals surface area (Å²) < 4.78 is 1.51. The standard InChI is InChI=1S/C13H13N3O2S2/c14-12(19)9-1-3-10(4-2-9)15-11(17)5-6-16-7-8-20-13(16)18/h1-4,7-8H,5-6H2,(H2,14,19)(H,15,17). The summed E-state index contributed by atoms with van der Waals surface area (Å²) in [4.78, 5) is 23.3. The van der Waals surface area contributed by atoms with Gasteiger partial charge in [-0.1, -0.05) is 23.6 Å². The van der Waals surface area contributed by atoms with Crippen molar-refractivity contribution in [3.63, 3.8) is 0 Å². The Morgan fingerprint density at radius 3 is 2.60 bits per heavy atom. The first-order valence-electron chi connectivity index (χ1n) is 5.90. The lowest BCUT2D eigenvalue weighted by atomic mass is 10.2. The van der Waals surface area contributed by atoms with Gasteiger partial charge < -0.3 is 15.6 Å². The molecule has 0 fully saturated rings. The topological polar surface area (TPSA) is 77.1 Å². The van der Waals surface area contributed by atoms with Gasteiger partial charge in [-0.05, 0) is 24.3 Å². The summed E-state index contributed by atoms with van der Waals surface area (Å²) in [6.45, 7) is 0.374. The fraction of sp³-hybridized carbons (Fsp3) is 0.154. The lowest BCUT2D eigenvalue weighted by molar-refractivity contribution is -0.116. The third-order valence-electron chi connectivity index (χ3n) is 2.68. The van der Waals surface area contributed by atoms with Gasteiger partial charge in [0.2, 0.25) is 5.91 Å². The van der Waals surface area contributed by atoms with Crippen molar-refractivity contribution in [2.75, 3.05) is 5.32 Å². The van der Waals surface area contributed by atoms with E-state index in [2.05, 4.69) is 5.32 Å². The maximum Gasteiger partial charge on any atom is 0.307 e. The third-order valence-corrected chi connectivity index (χ3v) is 3.61. The van der Waals surface area contributed by atoms with Gasteiger partial charge >= 0.3 is 4.87 Å². The predicted molar refractivity (Wildman–Crippen MR) is 84.2 cm³/mol. The van der Waals surface area contributed by atoms with Crippen LogP contribution in [0.2, 0.25) is 0 Å². The molecule has 0 radical (unpaired) electrons. The Bertz CT molecular complexity index is 673. The Morgan fingerprint density at radius 1 is 1.35 bits per heavy atom. The minimum atomic E-state index is -0.147. The Balaban J connectivity index is 1.89. The summed E-state index contributed by atoms with van der Waals surface area (Å²) in [5.41, 5.74) is 6.92. The molecule has 0 bridgehead atoms. The summed E-state index contributed by atoms with van der Waals surface area (Å²) >= 11 is 5.97. The largest absolute Gasteiger partial charge is 0.389 e. The smallest absolute Gasteiger partial charge is 0.307 e. The Labute approximate surface area is 125 Å². The first-order chi connectivity index (χ1) is 9.56. The molecular formula is C13H13N3O2S2. The van der Waals surface area contributed by atoms with Crippen LogP contribution in [0.5, 0.6) is 0 Å². The molecule has 0 aliphatic rings. The maximum atomic E-state index is 11.8. The van der Waals surface area contributed by atoms with Crippen LogP contribution < -0.4 is 15.9 Å². The van der Waals surface area contributed by atoms with Crippen molar-refractivity contribution in [2.45, 2.75) is 13.0 Å². The number of thiocarbonyl (C=S) groups is 1. The molecule has 0 aliphatic heterocycles. The molecule has 20 heavy (non-hydrogen) atoms. The number of aryl methyl sites for hydroxylation is 1. The highest BCUT2D eigenvalue weighted by Crippen LogP contribution is 2.10. The summed E-state index contributed by atoms with van der Waals surface area (Å²) in [7, 11) is 0. The first kappa shape index (κ1) is 14.4. The minimum Gasteiger partial charge on any atom is -0.389 e. The van der Waals surface area contributed by atoms with Gasteiger partial charge in [-0.3, -0.25) is 9.59 Å². The molecule has 1 aromatic carbocycles. The number of nitrogens with two attached hydrogens (primary N) is 1. The maximum absolute atomic E-state index is 11.8. The Kier molecular flexibility index (Phi) is 4.65. The number of hydrogen-bond donors (Lipinski definition) is 2. The van der Waals surface area contributed by atoms with Crippen LogP contribution in [0.3, 0.4) is 0 Å². The van der Waals surface area contributed by atoms with Gasteiger partial charge in [0.15, 0.2) is 0 Å². The molecule has 5 nitrogen and oxygen atoms in total. The van der Waals surface area contributed by atoms with Gasteiger partial charge in [0.05, 0.1) is 0 Å². The van der Waals surface area contributed by atoms with Gasteiger partial charge in [-0.2, -0.15) is 0 Å². The number of benzene rings is 1. The number of nitrogens with one attached hydrogen (secondary N) is 1. The van der Waals surface area contributed by atoms with Crippen molar-refractivity contribution in [3.05, 3.63) is 51.1 Å². The van der Waals surface area contributed by atoms with Crippen molar-refractivity contribution in [3.8, 4) is 0 Å². The van der Waals surface area contributed by atoms with Crippen LogP contribution in [0.4, 0.5) is 5.69 Å². The summed E-state index contributed by atoms with van der Waals surface area (Å²) in [5, 5.41) is 4.46. The molecule has 2 rings (SSSR count). The van der Waals surface area contributed by atoms with E-state index in [4.69, 9.17) is 18.0 Å². The summed E-state index contributed by atoms with van der Waals surface area (Å²) in [6, 6.07) is 6.98. The highest BCUT2D eigenvalue weighted by molar-refractivity contribution is 7.80. The van der Waals surface area contributed by atoms with E-state index < -0.39 is 0 Å². The predicted octanol–water partition coefficient (Wildman–Crippen LogP) is 1.57. The van der Waals surface area contributed by atoms with Gasteiger partial charge in [0, 0.05) is 35.8 Å². The Hall–Kier alpha value is -1.99. The number of nitrogens with zero attached hydrogens (tertiary/aromatic N) is 1. The molecular weight excluding hydrogens is 294 g/mol. The molecule has 1 amide bonds. The van der Waals surface area contributed by atoms with E-state index in [0.29, 0.717) is 17.2 Å². The van der Waals surface area contributed by atoms with Crippen LogP contribution in [0.15, 0.2) is 40.6 Å². The van der Waals surface area contributed by atoms with Crippen molar-refractivity contribution < 1.29 is 4.79 Å². The minimum absolute atomic E-state index is 0.0568. The fourth-order valence-corrected chi connectivity index (χ4v) is 2.37. The van der Waals surface area contributed by atoms with E-state index in [1.165, 1.54) is 4.57 Å². The normalized spacial score (nSPS) is 10.2. The average molecular weight is 307 g/mol. The molecule has 3 N–H and O–H groups in total. The zero-order chi connectivity index (χ0) is 14.5. The Morgan fingerprint density at radius 2 is 2.05 bits per heavy atom. The number of anilines is 1. The number of carbonyl (C=O) groups excluding carboxylic acids is 1. The number of rotatable bonds is 5. The summed E-state index contributed by atoms with van der Waals surface area (Å²) in [5.74, 6) is -0.147. The lowest BCUT2D eigenvalue weighted by Gasteiger charge is -2.06. The number of hydrogen-bond acceptors (Lipinski definition) is 4. The second-order valence-corrected chi connectivity index (χ2v) is 5.40. The second kappa shape index (κ2) is 6.44. The number of thiazole rings is 1. The molecule has 0 aliphatic carbocycles. The van der Waals surface area contributed by atoms with E-state index in [0.717, 1.165) is 16.9 Å². The van der Waals surface area contributed by atoms with Crippen LogP contribution in [-0.2, 0) is 11.3 Å². The third kappa shape index (κ3) is 3.75. The molecule has 0 saturated carbocycles. The highest BCUT2D eigenvalue weighted by Gasteiger charge is 2.05. The molecule has 0 spiro atoms. The SMILES string of the molecule is NC(=S)c1ccc(NC(=O)CCn2ccsc2=O)cc1. The molecule has 7 heteroatoms. The van der Waals surface area contributed by atoms with E-state index in [9.17, 15) is 9.59 Å². The fourth-order valence-electron chi connectivity index (χ4n) is 1.62. The number of carbonyl (C=O) groups is 1. The zero-order valence-electron chi connectivity index (χ0n) is 10.5. The zero-order valence-corrected chi connectivity index (χ0v) is 12.2. The van der Waals surface area contributed by atoms with Crippen LogP contribution in [0, 0.1) is 0 Å². The number of amides is 1. The van der Waals surface area contributed by atoms with Crippen LogP contribution in [0.1, 0.15) is 12.0 Å². The molecule has 0 saturated heterocycles. The lowest BCUT2D eigenvalue weighted by Crippen LogP contribution is -2.18. The van der Waals surface area contributed by atoms with Gasteiger partial charge in [-0.25, -0.2) is 0 Å². The van der Waals surface area contributed by atoms with Gasteiger partial charge in [0.25, 0.3) is 0 Å². The monoisotopic (exact) mass is 307 g/mol.